The Morgan fingerprint density at radius 1 is 0.580 bits per heavy atom. The smallest absolute Gasteiger partial charge is 0.322 e. The fourth-order valence-corrected chi connectivity index (χ4v) is 12.5. The number of hydrogen-bond acceptors (Lipinski definition) is 21. The molecule has 1 fully saturated rings. The van der Waals surface area contributed by atoms with Crippen molar-refractivity contribution in [1.82, 2.24) is 78.3 Å². The number of likely N-dealkylation sites (tertiary alicyclic amines) is 1. The van der Waals surface area contributed by atoms with E-state index in [2.05, 4.69) is 83.4 Å². The molecule has 12 amide bonds. The van der Waals surface area contributed by atoms with Crippen LogP contribution in [0.25, 0.3) is 10.9 Å². The third-order valence-electron chi connectivity index (χ3n) is 18.0. The number of rotatable bonds is 49. The number of aliphatic imine (C=N–C) groups is 2. The van der Waals surface area contributed by atoms with Crippen LogP contribution < -0.4 is 92.9 Å². The number of guanidine groups is 2. The molecule has 4 aromatic rings. The molecule has 2 aromatic heterocycles. The Morgan fingerprint density at radius 3 is 1.73 bits per heavy atom. The van der Waals surface area contributed by atoms with E-state index in [-0.39, 0.29) is 95.8 Å². The SMILES string of the molecule is CSCC[C@H](NC(=O)[C@@H](NC(=O)[C@@H](NC(=O)[C@@H](N)CCCCN)[C@@H](C)O)C(C)C)C(=O)NCC(=O)N[C@@H](Cc1cnc[nH]1)C(=O)N[C@@H](Cc1ccccc1)C(=O)N[C@@H](CCCN=C(N)N)C(=O)N[C@@H](Cc1c[nH]c2ccccc12)C(=O)N[C@@H](CC(=O)O)C(=O)N[C@@H](CCCN=C(N)N)C(=O)N1CCC[C@H]1C(=O)NCC(=O)O. The Kier molecular flexibility index (Phi) is 38.2. The van der Waals surface area contributed by atoms with Crippen LogP contribution in [-0.4, -0.2) is 254 Å². The second-order valence-electron chi connectivity index (χ2n) is 27.2. The summed E-state index contributed by atoms with van der Waals surface area (Å²) in [5.74, 6) is -14.8. The van der Waals surface area contributed by atoms with Gasteiger partial charge in [0, 0.05) is 67.9 Å². The number of fused-ring (bicyclic) bond motifs is 1. The zero-order valence-electron chi connectivity index (χ0n) is 63.0. The number of amides is 12. The van der Waals surface area contributed by atoms with Crippen molar-refractivity contribution in [1.29, 1.82) is 0 Å². The van der Waals surface area contributed by atoms with Crippen molar-refractivity contribution in [3.05, 3.63) is 90.1 Å². The highest BCUT2D eigenvalue weighted by molar-refractivity contribution is 7.98. The van der Waals surface area contributed by atoms with Gasteiger partial charge >= 0.3 is 11.9 Å². The molecule has 1 saturated heterocycles. The van der Waals surface area contributed by atoms with Gasteiger partial charge in [0.1, 0.15) is 67.0 Å². The van der Waals surface area contributed by atoms with E-state index < -0.39 is 181 Å². The minimum absolute atomic E-state index is 0.000197. The Bertz CT molecular complexity index is 3890. The third kappa shape index (κ3) is 30.8. The van der Waals surface area contributed by atoms with E-state index in [1.807, 2.05) is 0 Å². The predicted molar refractivity (Wildman–Crippen MR) is 413 cm³/mol. The quantitative estimate of drug-likeness (QED) is 0.0111. The number of para-hydroxylation sites is 1. The summed E-state index contributed by atoms with van der Waals surface area (Å²) in [6.07, 6.45) is 4.13. The van der Waals surface area contributed by atoms with Crippen LogP contribution in [-0.2, 0) is 86.4 Å². The van der Waals surface area contributed by atoms with E-state index in [0.717, 1.165) is 4.90 Å². The summed E-state index contributed by atoms with van der Waals surface area (Å²) >= 11 is 1.34. The number of aromatic nitrogens is 3. The molecule has 2 aromatic carbocycles. The lowest BCUT2D eigenvalue weighted by Crippen LogP contribution is -2.61. The molecular weight excluding hydrogens is 1480 g/mol. The van der Waals surface area contributed by atoms with Crippen LogP contribution in [0.15, 0.2) is 83.3 Å². The van der Waals surface area contributed by atoms with E-state index in [1.165, 1.54) is 31.2 Å². The highest BCUT2D eigenvalue weighted by Crippen LogP contribution is 2.22. The maximum Gasteiger partial charge on any atom is 0.322 e. The molecule has 0 saturated carbocycles. The van der Waals surface area contributed by atoms with Gasteiger partial charge in [-0.1, -0.05) is 68.8 Å². The maximum absolute atomic E-state index is 15.1. The van der Waals surface area contributed by atoms with Gasteiger partial charge in [-0.25, -0.2) is 4.98 Å². The first-order valence-electron chi connectivity index (χ1n) is 36.6. The highest BCUT2D eigenvalue weighted by Gasteiger charge is 2.41. The number of hydrogen-bond donors (Lipinski definition) is 22. The molecule has 0 bridgehead atoms. The first-order valence-corrected chi connectivity index (χ1v) is 38.0. The van der Waals surface area contributed by atoms with Crippen molar-refractivity contribution >= 4 is 117 Å². The van der Waals surface area contributed by atoms with E-state index in [0.29, 0.717) is 59.3 Å². The zero-order valence-corrected chi connectivity index (χ0v) is 63.8. The van der Waals surface area contributed by atoms with Crippen molar-refractivity contribution in [3.63, 3.8) is 0 Å². The van der Waals surface area contributed by atoms with Crippen molar-refractivity contribution in [2.75, 3.05) is 51.3 Å². The van der Waals surface area contributed by atoms with Crippen LogP contribution in [0.5, 0.6) is 0 Å². The number of aliphatic hydroxyl groups is 1. The topological polar surface area (TPSA) is 661 Å². The number of carboxylic acid groups (broad SMARTS) is 2. The second-order valence-corrected chi connectivity index (χ2v) is 28.2. The number of carbonyl (C=O) groups excluding carboxylic acids is 12. The van der Waals surface area contributed by atoms with Crippen LogP contribution in [0.4, 0.5) is 0 Å². The van der Waals surface area contributed by atoms with Crippen molar-refractivity contribution in [2.24, 2.45) is 50.3 Å². The van der Waals surface area contributed by atoms with Crippen LogP contribution in [0, 0.1) is 5.92 Å². The van der Waals surface area contributed by atoms with Gasteiger partial charge in [-0.05, 0) is 106 Å². The maximum atomic E-state index is 15.1. The van der Waals surface area contributed by atoms with E-state index in [9.17, 15) is 72.9 Å². The third-order valence-corrected chi connectivity index (χ3v) is 18.6. The summed E-state index contributed by atoms with van der Waals surface area (Å²) in [5, 5.41) is 58.6. The molecule has 614 valence electrons. The van der Waals surface area contributed by atoms with E-state index >= 15 is 9.59 Å². The van der Waals surface area contributed by atoms with Gasteiger partial charge in [0.05, 0.1) is 31.4 Å². The first kappa shape index (κ1) is 91.2. The number of carbonyl (C=O) groups is 14. The normalized spacial score (nSPS) is 15.4. The minimum atomic E-state index is -1.97. The molecule has 28 N–H and O–H groups in total. The Balaban J connectivity index is 1.42. The highest BCUT2D eigenvalue weighted by atomic mass is 32.2. The van der Waals surface area contributed by atoms with Crippen molar-refractivity contribution in [2.45, 2.75) is 183 Å². The van der Waals surface area contributed by atoms with Gasteiger partial charge in [0.15, 0.2) is 11.9 Å². The van der Waals surface area contributed by atoms with Gasteiger partial charge < -0.3 is 123 Å². The molecule has 3 heterocycles. The lowest BCUT2D eigenvalue weighted by atomic mass is 10.0. The van der Waals surface area contributed by atoms with Crippen LogP contribution in [0.3, 0.4) is 0 Å². The monoisotopic (exact) mass is 1590 g/mol. The molecule has 0 spiro atoms. The number of nitrogens with zero attached hydrogens (tertiary/aromatic N) is 4. The lowest BCUT2D eigenvalue weighted by Gasteiger charge is -2.30. The van der Waals surface area contributed by atoms with Gasteiger partial charge in [-0.15, -0.1) is 0 Å². The molecule has 41 heteroatoms. The number of carboxylic acids is 2. The fourth-order valence-electron chi connectivity index (χ4n) is 12.1. The summed E-state index contributed by atoms with van der Waals surface area (Å²) in [6.45, 7) is 3.25. The summed E-state index contributed by atoms with van der Waals surface area (Å²) in [4.78, 5) is 214. The molecule has 0 radical (unpaired) electrons. The fraction of sp³-hybridized carbons (Fsp3) is 0.535. The van der Waals surface area contributed by atoms with Crippen LogP contribution in [0.2, 0.25) is 0 Å². The number of aliphatic hydroxyl groups excluding tert-OH is 1. The van der Waals surface area contributed by atoms with E-state index in [4.69, 9.17) is 34.4 Å². The molecule has 1 aliphatic heterocycles. The zero-order chi connectivity index (χ0) is 82.6. The molecule has 0 unspecified atom stereocenters. The van der Waals surface area contributed by atoms with Gasteiger partial charge in [0.25, 0.3) is 0 Å². The minimum Gasteiger partial charge on any atom is -0.481 e. The number of H-pyrrole nitrogens is 2. The first-order chi connectivity index (χ1) is 53.3. The number of benzene rings is 2. The molecule has 112 heavy (non-hydrogen) atoms. The van der Waals surface area contributed by atoms with Gasteiger partial charge in [-0.2, -0.15) is 11.8 Å². The molecule has 5 rings (SSSR count). The van der Waals surface area contributed by atoms with Crippen molar-refractivity contribution < 1.29 is 82.4 Å². The number of nitrogens with one attached hydrogen (secondary N) is 13. The van der Waals surface area contributed by atoms with Crippen molar-refractivity contribution in [3.8, 4) is 0 Å². The van der Waals surface area contributed by atoms with Gasteiger partial charge in [-0.3, -0.25) is 77.1 Å². The summed E-state index contributed by atoms with van der Waals surface area (Å²) in [6, 6.07) is -0.917. The Morgan fingerprint density at radius 2 is 1.13 bits per heavy atom. The second kappa shape index (κ2) is 46.9. The van der Waals surface area contributed by atoms with Gasteiger partial charge in [0.2, 0.25) is 70.9 Å². The number of nitrogens with two attached hydrogens (primary N) is 6. The Labute approximate surface area is 650 Å². The molecule has 0 aliphatic carbocycles. The van der Waals surface area contributed by atoms with Crippen LogP contribution in [0.1, 0.15) is 108 Å². The largest absolute Gasteiger partial charge is 0.481 e. The summed E-state index contributed by atoms with van der Waals surface area (Å²) in [7, 11) is 0. The van der Waals surface area contributed by atoms with Crippen LogP contribution >= 0.6 is 11.8 Å². The number of aliphatic carboxylic acids is 2. The predicted octanol–water partition coefficient (Wildman–Crippen LogP) is -5.58. The number of thioether (sulfide) groups is 1. The number of imidazole rings is 1. The average molecular weight is 1590 g/mol. The standard InChI is InChI=1S/C71H107N23O17S/c1-38(2)57(92-68(110)58(39(3)95)93-59(101)44(73)18-10-11-24-72)67(109)87-47(23-28-112-4)60(102)82-35-54(96)85-51(31-42-34-78-37-84-42)64(106)89-49(29-40-15-6-5-7-16-40)62(104)86-46(20-12-25-79-70(74)75)61(103)90-50(30-41-33-81-45-19-9-8-17-43(41)45)63(105)91-52(32-55(97)98)65(107)88-48(21-13-26-80-71(76)77)69(111)94-27-14-22-53(94)66(108)83-36-56(99)100/h5-9,15-17,19,33-34,37-39,44,46-53,57-58,81,95H,10-14,18,20-32,35-36,72-73H2,1-4H3,(H,78,84)(H,82,102)(H,83,108)(H,85,96)(H,86,104)(H,87,109)(H,88,107)(H,89,106)(H,90,103)(H,91,105)(H,92,110)(H,93,101)(H,97,98)(H,99,100)(H4,74,75,79)(H4,76,77,80)/t39-,44+,46+,47+,48+,49+,50+,51+,52+,53+,57+,58+/m1/s1. The average Bonchev–Trinajstić information content (AvgIpc) is 1.63. The number of unbranched alkanes of at least 4 members (excludes halogenated alkanes) is 1. The molecule has 1 aliphatic rings. The summed E-state index contributed by atoms with van der Waals surface area (Å²) in [5.41, 5.74) is 35.8. The number of aromatic amines is 2. The molecule has 40 nitrogen and oxygen atoms in total. The Hall–Kier alpha value is -11.5. The van der Waals surface area contributed by atoms with E-state index in [1.54, 1.807) is 80.9 Å². The molecule has 12 atom stereocenters. The lowest BCUT2D eigenvalue weighted by molar-refractivity contribution is -0.144. The summed E-state index contributed by atoms with van der Waals surface area (Å²) < 4.78 is 0. The molecular formula is C71H107N23O17S.